The van der Waals surface area contributed by atoms with Crippen LogP contribution in [0.25, 0.3) is 0 Å². The van der Waals surface area contributed by atoms with Crippen LogP contribution in [0.4, 0.5) is 0 Å². The van der Waals surface area contributed by atoms with E-state index in [9.17, 15) is 0 Å². The molecule has 3 heterocycles. The van der Waals surface area contributed by atoms with E-state index in [1.165, 1.54) is 64.0 Å². The van der Waals surface area contributed by atoms with Crippen molar-refractivity contribution in [1.82, 2.24) is 19.8 Å². The summed E-state index contributed by atoms with van der Waals surface area (Å²) in [5, 5.41) is 0. The Labute approximate surface area is 141 Å². The monoisotopic (exact) mass is 316 g/mol. The maximum atomic E-state index is 4.75. The zero-order valence-electron chi connectivity index (χ0n) is 15.1. The Bertz CT molecular complexity index is 506. The molecule has 0 amide bonds. The fourth-order valence-electron chi connectivity index (χ4n) is 4.07. The number of piperidine rings is 1. The van der Waals surface area contributed by atoms with Crippen molar-refractivity contribution in [1.29, 1.82) is 0 Å². The molecule has 4 heteroatoms. The number of nitrogens with zero attached hydrogens (tertiary/aromatic N) is 4. The summed E-state index contributed by atoms with van der Waals surface area (Å²) in [6, 6.07) is 2.09. The smallest absolute Gasteiger partial charge is 0.131 e. The zero-order chi connectivity index (χ0) is 16.3. The summed E-state index contributed by atoms with van der Waals surface area (Å²) in [4.78, 5) is 14.2. The van der Waals surface area contributed by atoms with Crippen LogP contribution >= 0.6 is 0 Å². The van der Waals surface area contributed by atoms with Crippen LogP contribution in [-0.4, -0.2) is 53.0 Å². The van der Waals surface area contributed by atoms with Crippen molar-refractivity contribution >= 4 is 0 Å². The van der Waals surface area contributed by atoms with Crippen LogP contribution in [0.3, 0.4) is 0 Å². The SMILES string of the molecule is CC(C)c1nccc(CN2CCCC3(CCN(C)CC3)CC2)n1. The van der Waals surface area contributed by atoms with Crippen LogP contribution in [0, 0.1) is 5.41 Å². The fourth-order valence-corrected chi connectivity index (χ4v) is 4.07. The van der Waals surface area contributed by atoms with Gasteiger partial charge in [0.2, 0.25) is 0 Å². The average Bonchev–Trinajstić information content (AvgIpc) is 2.74. The van der Waals surface area contributed by atoms with Gasteiger partial charge in [-0.05, 0) is 76.8 Å². The van der Waals surface area contributed by atoms with E-state index in [1.807, 2.05) is 6.20 Å². The third kappa shape index (κ3) is 4.30. The zero-order valence-corrected chi connectivity index (χ0v) is 15.1. The van der Waals surface area contributed by atoms with E-state index in [4.69, 9.17) is 4.98 Å². The summed E-state index contributed by atoms with van der Waals surface area (Å²) in [5.41, 5.74) is 1.80. The minimum absolute atomic E-state index is 0.404. The van der Waals surface area contributed by atoms with Crippen molar-refractivity contribution in [2.45, 2.75) is 58.4 Å². The molecule has 1 aromatic heterocycles. The highest BCUT2D eigenvalue weighted by atomic mass is 15.1. The molecular weight excluding hydrogens is 284 g/mol. The molecule has 2 saturated heterocycles. The summed E-state index contributed by atoms with van der Waals surface area (Å²) in [5.74, 6) is 1.38. The second-order valence-corrected chi connectivity index (χ2v) is 7.99. The number of rotatable bonds is 3. The Hall–Kier alpha value is -1.00. The van der Waals surface area contributed by atoms with Gasteiger partial charge in [-0.25, -0.2) is 9.97 Å². The van der Waals surface area contributed by atoms with Crippen molar-refractivity contribution in [3.05, 3.63) is 23.8 Å². The van der Waals surface area contributed by atoms with E-state index in [2.05, 4.69) is 41.7 Å². The summed E-state index contributed by atoms with van der Waals surface area (Å²) >= 11 is 0. The van der Waals surface area contributed by atoms with Gasteiger partial charge in [-0.3, -0.25) is 4.90 Å². The van der Waals surface area contributed by atoms with Gasteiger partial charge in [0.1, 0.15) is 5.82 Å². The van der Waals surface area contributed by atoms with Gasteiger partial charge in [0.25, 0.3) is 0 Å². The molecule has 4 nitrogen and oxygen atoms in total. The van der Waals surface area contributed by atoms with Crippen molar-refractivity contribution < 1.29 is 0 Å². The Balaban J connectivity index is 1.59. The quantitative estimate of drug-likeness (QED) is 0.856. The van der Waals surface area contributed by atoms with E-state index in [1.54, 1.807) is 0 Å². The van der Waals surface area contributed by atoms with Crippen molar-refractivity contribution in [3.8, 4) is 0 Å². The molecule has 1 spiro atoms. The third-order valence-corrected chi connectivity index (χ3v) is 5.82. The molecule has 0 aromatic carbocycles. The van der Waals surface area contributed by atoms with E-state index in [-0.39, 0.29) is 0 Å². The number of hydrogen-bond donors (Lipinski definition) is 0. The molecular formula is C19H32N4. The highest BCUT2D eigenvalue weighted by Gasteiger charge is 2.35. The topological polar surface area (TPSA) is 32.3 Å². The molecule has 3 rings (SSSR count). The lowest BCUT2D eigenvalue weighted by molar-refractivity contribution is 0.104. The Kier molecular flexibility index (Phi) is 5.32. The van der Waals surface area contributed by atoms with Crippen LogP contribution in [0.15, 0.2) is 12.3 Å². The number of hydrogen-bond acceptors (Lipinski definition) is 4. The van der Waals surface area contributed by atoms with Crippen LogP contribution in [0.2, 0.25) is 0 Å². The molecule has 2 fully saturated rings. The van der Waals surface area contributed by atoms with Gasteiger partial charge < -0.3 is 4.90 Å². The van der Waals surface area contributed by atoms with Crippen LogP contribution in [0.5, 0.6) is 0 Å². The first-order valence-electron chi connectivity index (χ1n) is 9.29. The molecule has 0 saturated carbocycles. The molecule has 0 N–H and O–H groups in total. The standard InChI is InChI=1S/C19H32N4/c1-16(2)18-20-10-5-17(21-18)15-23-11-4-6-19(9-14-23)7-12-22(3)13-8-19/h5,10,16H,4,6-9,11-15H2,1-3H3. The normalized spacial score (nSPS) is 23.3. The molecule has 0 atom stereocenters. The summed E-state index contributed by atoms with van der Waals surface area (Å²) in [7, 11) is 2.26. The summed E-state index contributed by atoms with van der Waals surface area (Å²) < 4.78 is 0. The third-order valence-electron chi connectivity index (χ3n) is 5.82. The predicted octanol–water partition coefficient (Wildman–Crippen LogP) is 3.30. The molecule has 1 aromatic rings. The second kappa shape index (κ2) is 7.27. The molecule has 2 aliphatic rings. The van der Waals surface area contributed by atoms with Crippen LogP contribution in [-0.2, 0) is 6.54 Å². The predicted molar refractivity (Wildman–Crippen MR) is 94.4 cm³/mol. The Morgan fingerprint density at radius 2 is 1.83 bits per heavy atom. The van der Waals surface area contributed by atoms with E-state index < -0.39 is 0 Å². The molecule has 2 aliphatic heterocycles. The van der Waals surface area contributed by atoms with Gasteiger partial charge in [0.05, 0.1) is 5.69 Å². The summed E-state index contributed by atoms with van der Waals surface area (Å²) in [6.07, 6.45) is 8.83. The highest BCUT2D eigenvalue weighted by molar-refractivity contribution is 5.05. The first-order valence-corrected chi connectivity index (χ1v) is 9.29. The van der Waals surface area contributed by atoms with Crippen LogP contribution < -0.4 is 0 Å². The maximum Gasteiger partial charge on any atom is 0.131 e. The van der Waals surface area contributed by atoms with Crippen molar-refractivity contribution in [2.75, 3.05) is 33.2 Å². The first-order chi connectivity index (χ1) is 11.1. The van der Waals surface area contributed by atoms with Gasteiger partial charge in [0, 0.05) is 18.7 Å². The minimum Gasteiger partial charge on any atom is -0.306 e. The first kappa shape index (κ1) is 16.8. The van der Waals surface area contributed by atoms with E-state index >= 15 is 0 Å². The number of aromatic nitrogens is 2. The van der Waals surface area contributed by atoms with Gasteiger partial charge >= 0.3 is 0 Å². The lowest BCUT2D eigenvalue weighted by Gasteiger charge is -2.40. The van der Waals surface area contributed by atoms with Crippen LogP contribution in [0.1, 0.15) is 63.4 Å². The highest BCUT2D eigenvalue weighted by Crippen LogP contribution is 2.41. The van der Waals surface area contributed by atoms with Gasteiger partial charge in [-0.1, -0.05) is 13.8 Å². The lowest BCUT2D eigenvalue weighted by atomic mass is 9.73. The minimum atomic E-state index is 0.404. The van der Waals surface area contributed by atoms with Gasteiger partial charge in [-0.15, -0.1) is 0 Å². The lowest BCUT2D eigenvalue weighted by Crippen LogP contribution is -2.38. The number of likely N-dealkylation sites (tertiary alicyclic amines) is 2. The maximum absolute atomic E-state index is 4.75. The Morgan fingerprint density at radius 3 is 2.57 bits per heavy atom. The van der Waals surface area contributed by atoms with E-state index in [0.29, 0.717) is 11.3 Å². The average molecular weight is 316 g/mol. The second-order valence-electron chi connectivity index (χ2n) is 7.99. The fraction of sp³-hybridized carbons (Fsp3) is 0.789. The van der Waals surface area contributed by atoms with Crippen molar-refractivity contribution in [3.63, 3.8) is 0 Å². The summed E-state index contributed by atoms with van der Waals surface area (Å²) in [6.45, 7) is 10.3. The van der Waals surface area contributed by atoms with Crippen molar-refractivity contribution in [2.24, 2.45) is 5.41 Å². The largest absolute Gasteiger partial charge is 0.306 e. The van der Waals surface area contributed by atoms with E-state index in [0.717, 1.165) is 12.4 Å². The van der Waals surface area contributed by atoms with Gasteiger partial charge in [-0.2, -0.15) is 0 Å². The Morgan fingerprint density at radius 1 is 1.09 bits per heavy atom. The van der Waals surface area contributed by atoms with Gasteiger partial charge in [0.15, 0.2) is 0 Å². The molecule has 0 aliphatic carbocycles. The molecule has 128 valence electrons. The molecule has 0 radical (unpaired) electrons. The molecule has 23 heavy (non-hydrogen) atoms. The molecule has 0 bridgehead atoms. The molecule has 0 unspecified atom stereocenters.